The Morgan fingerprint density at radius 1 is 1.00 bits per heavy atom. The molecule has 0 radical (unpaired) electrons. The molecule has 24 heavy (non-hydrogen) atoms. The van der Waals surface area contributed by atoms with Crippen molar-refractivity contribution in [3.63, 3.8) is 0 Å². The molecule has 3 N–H and O–H groups in total. The van der Waals surface area contributed by atoms with Gasteiger partial charge in [0.05, 0.1) is 0 Å². The lowest BCUT2D eigenvalue weighted by Crippen LogP contribution is -3.28. The summed E-state index contributed by atoms with van der Waals surface area (Å²) in [4.78, 5) is 15.0. The average Bonchev–Trinajstić information content (AvgIpc) is 2.55. The highest BCUT2D eigenvalue weighted by Gasteiger charge is 2.24. The second kappa shape index (κ2) is 9.19. The Labute approximate surface area is 147 Å². The summed E-state index contributed by atoms with van der Waals surface area (Å²) in [6.45, 7) is 15.7. The molecule has 1 aliphatic rings. The summed E-state index contributed by atoms with van der Waals surface area (Å²) in [7, 11) is 0. The summed E-state index contributed by atoms with van der Waals surface area (Å²) in [5, 5.41) is 3.03. The monoisotopic (exact) mass is 333 g/mol. The van der Waals surface area contributed by atoms with Crippen LogP contribution in [0.3, 0.4) is 0 Å². The third-order valence-electron chi connectivity index (χ3n) is 4.88. The lowest BCUT2D eigenvalue weighted by atomic mass is 10.0. The summed E-state index contributed by atoms with van der Waals surface area (Å²) in [6, 6.07) is 9.09. The van der Waals surface area contributed by atoms with Crippen LogP contribution >= 0.6 is 0 Å². The molecule has 1 aromatic carbocycles. The van der Waals surface area contributed by atoms with Crippen LogP contribution in [0, 0.1) is 5.92 Å². The average molecular weight is 334 g/mol. The zero-order valence-electron chi connectivity index (χ0n) is 15.8. The fraction of sp³-hybridized carbons (Fsp3) is 0.650. The van der Waals surface area contributed by atoms with Gasteiger partial charge in [0.1, 0.15) is 32.7 Å². The van der Waals surface area contributed by atoms with Crippen molar-refractivity contribution in [2.75, 3.05) is 39.3 Å². The van der Waals surface area contributed by atoms with Gasteiger partial charge in [-0.1, -0.05) is 52.0 Å². The number of hydrogen-bond donors (Lipinski definition) is 3. The van der Waals surface area contributed by atoms with Gasteiger partial charge in [0.15, 0.2) is 6.54 Å². The van der Waals surface area contributed by atoms with Crippen molar-refractivity contribution in [2.45, 2.75) is 40.2 Å². The van der Waals surface area contributed by atoms with Gasteiger partial charge < -0.3 is 15.1 Å². The van der Waals surface area contributed by atoms with Gasteiger partial charge in [-0.15, -0.1) is 0 Å². The minimum absolute atomic E-state index is 0.200. The molecule has 2 rings (SSSR count). The highest BCUT2D eigenvalue weighted by atomic mass is 16.2. The molecule has 1 saturated heterocycles. The summed E-state index contributed by atoms with van der Waals surface area (Å²) < 4.78 is 0. The van der Waals surface area contributed by atoms with Crippen molar-refractivity contribution in [1.82, 2.24) is 5.32 Å². The molecule has 0 unspecified atom stereocenters. The first-order valence-corrected chi connectivity index (χ1v) is 9.46. The van der Waals surface area contributed by atoms with Crippen molar-refractivity contribution < 1.29 is 14.6 Å². The summed E-state index contributed by atoms with van der Waals surface area (Å²) in [6.07, 6.45) is 0. The predicted octanol–water partition coefficient (Wildman–Crippen LogP) is -0.134. The number of quaternary nitrogens is 2. The van der Waals surface area contributed by atoms with E-state index in [2.05, 4.69) is 57.3 Å². The summed E-state index contributed by atoms with van der Waals surface area (Å²) in [5.41, 5.74) is 2.84. The smallest absolute Gasteiger partial charge is 0.275 e. The van der Waals surface area contributed by atoms with Crippen molar-refractivity contribution in [2.24, 2.45) is 5.92 Å². The van der Waals surface area contributed by atoms with Gasteiger partial charge in [0.25, 0.3) is 5.91 Å². The Hall–Kier alpha value is -1.39. The molecule has 1 aromatic rings. The number of carbonyl (C=O) groups excluding carboxylic acids is 1. The van der Waals surface area contributed by atoms with Crippen LogP contribution in [-0.4, -0.2) is 45.2 Å². The Balaban J connectivity index is 1.71. The Kier molecular flexibility index (Phi) is 7.25. The minimum Gasteiger partial charge on any atom is -0.351 e. The molecule has 1 heterocycles. The largest absolute Gasteiger partial charge is 0.351 e. The van der Waals surface area contributed by atoms with Crippen molar-refractivity contribution >= 4 is 5.91 Å². The molecule has 4 nitrogen and oxygen atoms in total. The van der Waals surface area contributed by atoms with Crippen molar-refractivity contribution in [3.05, 3.63) is 35.4 Å². The van der Waals surface area contributed by atoms with Crippen LogP contribution in [0.1, 0.15) is 44.7 Å². The van der Waals surface area contributed by atoms with Crippen LogP contribution in [0.15, 0.2) is 24.3 Å². The highest BCUT2D eigenvalue weighted by Crippen LogP contribution is 2.14. The van der Waals surface area contributed by atoms with E-state index in [1.54, 1.807) is 4.90 Å². The maximum Gasteiger partial charge on any atom is 0.275 e. The van der Waals surface area contributed by atoms with E-state index in [1.807, 2.05) is 0 Å². The van der Waals surface area contributed by atoms with Crippen LogP contribution in [0.25, 0.3) is 0 Å². The molecule has 134 valence electrons. The Bertz CT molecular complexity index is 502. The summed E-state index contributed by atoms with van der Waals surface area (Å²) in [5.74, 6) is 1.32. The number of hydrogen-bond acceptors (Lipinski definition) is 1. The fourth-order valence-corrected chi connectivity index (χ4v) is 3.23. The predicted molar refractivity (Wildman–Crippen MR) is 98.3 cm³/mol. The molecule has 0 bridgehead atoms. The number of benzene rings is 1. The van der Waals surface area contributed by atoms with Gasteiger partial charge >= 0.3 is 0 Å². The standard InChI is InChI=1S/C20H33N3O/c1-16(2)13-21-20(24)15-23-11-9-22(10-12-23)14-18-5-7-19(8-6-18)17(3)4/h5-8,16-17H,9-15H2,1-4H3,(H,21,24)/p+2. The first-order valence-electron chi connectivity index (χ1n) is 9.46. The zero-order valence-corrected chi connectivity index (χ0v) is 15.8. The lowest BCUT2D eigenvalue weighted by Gasteiger charge is -2.29. The van der Waals surface area contributed by atoms with Gasteiger partial charge in [-0.25, -0.2) is 0 Å². The molecular formula is C20H35N3O+2. The lowest BCUT2D eigenvalue weighted by molar-refractivity contribution is -1.02. The van der Waals surface area contributed by atoms with Crippen LogP contribution in [0.2, 0.25) is 0 Å². The second-order valence-corrected chi connectivity index (χ2v) is 7.95. The maximum absolute atomic E-state index is 11.9. The molecule has 1 aliphatic heterocycles. The third kappa shape index (κ3) is 6.25. The van der Waals surface area contributed by atoms with E-state index in [1.165, 1.54) is 16.0 Å². The van der Waals surface area contributed by atoms with Crippen LogP contribution in [0.5, 0.6) is 0 Å². The van der Waals surface area contributed by atoms with Gasteiger partial charge in [-0.3, -0.25) is 4.79 Å². The highest BCUT2D eigenvalue weighted by molar-refractivity contribution is 5.76. The van der Waals surface area contributed by atoms with E-state index in [9.17, 15) is 4.79 Å². The van der Waals surface area contributed by atoms with E-state index in [-0.39, 0.29) is 5.91 Å². The van der Waals surface area contributed by atoms with E-state index in [4.69, 9.17) is 0 Å². The number of carbonyl (C=O) groups is 1. The first kappa shape index (κ1) is 18.9. The molecular weight excluding hydrogens is 298 g/mol. The molecule has 0 aromatic heterocycles. The molecule has 1 fully saturated rings. The Morgan fingerprint density at radius 3 is 2.12 bits per heavy atom. The third-order valence-corrected chi connectivity index (χ3v) is 4.88. The second-order valence-electron chi connectivity index (χ2n) is 7.95. The minimum atomic E-state index is 0.200. The molecule has 0 aliphatic carbocycles. The SMILES string of the molecule is CC(C)CNC(=O)C[NH+]1CC[NH+](Cc2ccc(C(C)C)cc2)CC1. The summed E-state index contributed by atoms with van der Waals surface area (Å²) >= 11 is 0. The van der Waals surface area contributed by atoms with Crippen LogP contribution < -0.4 is 15.1 Å². The van der Waals surface area contributed by atoms with E-state index in [0.29, 0.717) is 18.4 Å². The maximum atomic E-state index is 11.9. The van der Waals surface area contributed by atoms with Crippen LogP contribution in [-0.2, 0) is 11.3 Å². The van der Waals surface area contributed by atoms with E-state index >= 15 is 0 Å². The van der Waals surface area contributed by atoms with E-state index < -0.39 is 0 Å². The number of rotatable bonds is 7. The fourth-order valence-electron chi connectivity index (χ4n) is 3.23. The Morgan fingerprint density at radius 2 is 1.58 bits per heavy atom. The van der Waals surface area contributed by atoms with Gasteiger partial charge in [-0.2, -0.15) is 0 Å². The van der Waals surface area contributed by atoms with Gasteiger partial charge in [-0.05, 0) is 17.4 Å². The zero-order chi connectivity index (χ0) is 17.5. The van der Waals surface area contributed by atoms with E-state index in [0.717, 1.165) is 39.3 Å². The van der Waals surface area contributed by atoms with Gasteiger partial charge in [0, 0.05) is 12.1 Å². The molecule has 0 saturated carbocycles. The number of piperazine rings is 1. The molecule has 0 atom stereocenters. The molecule has 0 spiro atoms. The van der Waals surface area contributed by atoms with Crippen LogP contribution in [0.4, 0.5) is 0 Å². The number of amides is 1. The quantitative estimate of drug-likeness (QED) is 0.639. The molecule has 4 heteroatoms. The molecule has 1 amide bonds. The normalized spacial score (nSPS) is 21.2. The number of nitrogens with one attached hydrogen (secondary N) is 3. The van der Waals surface area contributed by atoms with Crippen molar-refractivity contribution in [1.29, 1.82) is 0 Å². The topological polar surface area (TPSA) is 38.0 Å². The van der Waals surface area contributed by atoms with Gasteiger partial charge in [0.2, 0.25) is 0 Å². The first-order chi connectivity index (χ1) is 11.4. The van der Waals surface area contributed by atoms with Crippen molar-refractivity contribution in [3.8, 4) is 0 Å².